The fourth-order valence-electron chi connectivity index (χ4n) is 2.62. The molecule has 13 heteroatoms. The van der Waals surface area contributed by atoms with Crippen LogP contribution in [0.2, 0.25) is 0 Å². The molecule has 2 aromatic heterocycles. The number of imidazole rings is 1. The monoisotopic (exact) mass is 374 g/mol. The fraction of sp³-hybridized carbons (Fsp3) is 0.583. The van der Waals surface area contributed by atoms with Gasteiger partial charge in [0, 0.05) is 14.1 Å². The minimum atomic E-state index is -4.97. The minimum Gasteiger partial charge on any atom is -0.756 e. The highest BCUT2D eigenvalue weighted by molar-refractivity contribution is 7.44. The van der Waals surface area contributed by atoms with Gasteiger partial charge < -0.3 is 34.2 Å². The van der Waals surface area contributed by atoms with E-state index in [1.165, 1.54) is 17.2 Å². The zero-order valence-corrected chi connectivity index (χ0v) is 14.2. The van der Waals surface area contributed by atoms with E-state index in [0.717, 1.165) is 0 Å². The van der Waals surface area contributed by atoms with Crippen molar-refractivity contribution in [3.63, 3.8) is 0 Å². The largest absolute Gasteiger partial charge is 0.756 e. The lowest BCUT2D eigenvalue weighted by molar-refractivity contribution is -0.222. The van der Waals surface area contributed by atoms with E-state index in [1.54, 1.807) is 19.0 Å². The number of fused-ring (bicyclic) bond motifs is 1. The third-order valence-corrected chi connectivity index (χ3v) is 4.25. The molecule has 0 bridgehead atoms. The molecule has 5 atom stereocenters. The summed E-state index contributed by atoms with van der Waals surface area (Å²) in [4.78, 5) is 33.5. The molecule has 0 spiro atoms. The second-order valence-corrected chi connectivity index (χ2v) is 6.92. The maximum atomic E-state index is 10.7. The highest BCUT2D eigenvalue weighted by atomic mass is 31.2. The Labute approximate surface area is 141 Å². The summed E-state index contributed by atoms with van der Waals surface area (Å²) in [6.45, 7) is -0.642. The molecule has 1 unspecified atom stereocenters. The summed E-state index contributed by atoms with van der Waals surface area (Å²) in [5.74, 6) is 0.559. The van der Waals surface area contributed by atoms with Gasteiger partial charge in [-0.3, -0.25) is 9.13 Å². The van der Waals surface area contributed by atoms with Crippen LogP contribution in [0.1, 0.15) is 6.23 Å². The summed E-state index contributed by atoms with van der Waals surface area (Å²) in [5.41, 5.74) is 0.838. The zero-order valence-electron chi connectivity index (χ0n) is 13.3. The predicted octanol–water partition coefficient (Wildman–Crippen LogP) is -2.01. The molecule has 0 amide bonds. The van der Waals surface area contributed by atoms with Crippen LogP contribution in [0.15, 0.2) is 12.7 Å². The molecule has 1 saturated heterocycles. The van der Waals surface area contributed by atoms with Gasteiger partial charge >= 0.3 is 0 Å². The average Bonchev–Trinajstić information content (AvgIpc) is 3.07. The Morgan fingerprint density at radius 2 is 2.08 bits per heavy atom. The van der Waals surface area contributed by atoms with Gasteiger partial charge in [-0.2, -0.15) is 0 Å². The highest BCUT2D eigenvalue weighted by Gasteiger charge is 2.44. The van der Waals surface area contributed by atoms with E-state index in [1.807, 2.05) is 0 Å². The molecule has 0 radical (unpaired) electrons. The van der Waals surface area contributed by atoms with E-state index in [9.17, 15) is 19.7 Å². The first-order valence-electron chi connectivity index (χ1n) is 7.24. The molecule has 0 aromatic carbocycles. The van der Waals surface area contributed by atoms with Crippen LogP contribution < -0.4 is 9.79 Å². The number of rotatable bonds is 5. The summed E-state index contributed by atoms with van der Waals surface area (Å²) < 4.78 is 21.8. The van der Waals surface area contributed by atoms with Crippen molar-refractivity contribution in [2.75, 3.05) is 25.6 Å². The second-order valence-electron chi connectivity index (χ2n) is 5.73. The first-order chi connectivity index (χ1) is 11.7. The molecule has 1 aliphatic heterocycles. The van der Waals surface area contributed by atoms with E-state index >= 15 is 0 Å². The second kappa shape index (κ2) is 6.57. The Bertz CT molecular complexity index is 808. The fourth-order valence-corrected chi connectivity index (χ4v) is 2.95. The molecule has 25 heavy (non-hydrogen) atoms. The van der Waals surface area contributed by atoms with Gasteiger partial charge in [-0.1, -0.05) is 0 Å². The van der Waals surface area contributed by atoms with E-state index in [4.69, 9.17) is 9.63 Å². The molecule has 3 rings (SSSR count). The Kier molecular flexibility index (Phi) is 4.77. The molecule has 3 heterocycles. The van der Waals surface area contributed by atoms with Gasteiger partial charge in [-0.05, 0) is 0 Å². The van der Waals surface area contributed by atoms with Crippen LogP contribution in [0.4, 0.5) is 5.82 Å². The van der Waals surface area contributed by atoms with Crippen LogP contribution in [0.25, 0.3) is 11.2 Å². The van der Waals surface area contributed by atoms with Gasteiger partial charge in [0.05, 0.1) is 12.9 Å². The van der Waals surface area contributed by atoms with Gasteiger partial charge in [0.15, 0.2) is 23.2 Å². The van der Waals surface area contributed by atoms with Crippen molar-refractivity contribution in [1.29, 1.82) is 0 Å². The predicted molar refractivity (Wildman–Crippen MR) is 81.4 cm³/mol. The SMILES string of the molecule is CN(C)c1ncnc2c1ncn2[C@@H]1O[C@H](COP(=O)([O-])O)[C@@H](O)[C@H]1O. The third kappa shape index (κ3) is 3.51. The Morgan fingerprint density at radius 3 is 2.72 bits per heavy atom. The minimum absolute atomic E-state index is 0.369. The van der Waals surface area contributed by atoms with Crippen LogP contribution in [0.3, 0.4) is 0 Å². The van der Waals surface area contributed by atoms with Crippen molar-refractivity contribution >= 4 is 24.8 Å². The van der Waals surface area contributed by atoms with Crippen molar-refractivity contribution in [1.82, 2.24) is 19.5 Å². The van der Waals surface area contributed by atoms with E-state index in [-0.39, 0.29) is 0 Å². The number of hydrogen-bond donors (Lipinski definition) is 3. The first-order valence-corrected chi connectivity index (χ1v) is 8.73. The number of anilines is 1. The number of aliphatic hydroxyl groups excluding tert-OH is 2. The van der Waals surface area contributed by atoms with Gasteiger partial charge in [0.1, 0.15) is 24.6 Å². The molecule has 2 aromatic rings. The molecule has 0 aliphatic carbocycles. The van der Waals surface area contributed by atoms with E-state index < -0.39 is 39.0 Å². The van der Waals surface area contributed by atoms with Crippen molar-refractivity contribution in [3.8, 4) is 0 Å². The average molecular weight is 374 g/mol. The summed E-state index contributed by atoms with van der Waals surface area (Å²) in [7, 11) is -1.40. The molecule has 1 fully saturated rings. The van der Waals surface area contributed by atoms with Crippen molar-refractivity contribution in [2.24, 2.45) is 0 Å². The topological polar surface area (TPSA) is 166 Å². The Hall–Kier alpha value is -1.66. The summed E-state index contributed by atoms with van der Waals surface area (Å²) in [5, 5.41) is 20.3. The standard InChI is InChI=1S/C12H18N5O7P/c1-16(2)10-7-11(14-4-13-10)17(5-15-7)12-9(19)8(18)6(24-12)3-23-25(20,21)22/h4-6,8-9,12,18-19H,3H2,1-2H3,(H2,20,21,22)/p-1/t6-,8-,9-,12-/m1/s1. The molecule has 0 saturated carbocycles. The first kappa shape index (κ1) is 18.1. The molecular formula is C12H17N5O7P-. The lowest BCUT2D eigenvalue weighted by atomic mass is 10.1. The smallest absolute Gasteiger partial charge is 0.265 e. The Morgan fingerprint density at radius 1 is 1.36 bits per heavy atom. The lowest BCUT2D eigenvalue weighted by Gasteiger charge is -2.20. The number of aromatic nitrogens is 4. The van der Waals surface area contributed by atoms with Crippen molar-refractivity contribution < 1.29 is 33.8 Å². The number of hydrogen-bond acceptors (Lipinski definition) is 10. The maximum Gasteiger partial charge on any atom is 0.265 e. The third-order valence-electron chi connectivity index (χ3n) is 3.78. The van der Waals surface area contributed by atoms with E-state index in [0.29, 0.717) is 17.0 Å². The Balaban J connectivity index is 1.88. The number of ether oxygens (including phenoxy) is 1. The molecule has 1 aliphatic rings. The van der Waals surface area contributed by atoms with Crippen molar-refractivity contribution in [3.05, 3.63) is 12.7 Å². The molecular weight excluding hydrogens is 357 g/mol. The number of aliphatic hydroxyl groups is 2. The summed E-state index contributed by atoms with van der Waals surface area (Å²) >= 11 is 0. The van der Waals surface area contributed by atoms with Crippen LogP contribution in [0, 0.1) is 0 Å². The van der Waals surface area contributed by atoms with Gasteiger partial charge in [-0.15, -0.1) is 0 Å². The van der Waals surface area contributed by atoms with Crippen LogP contribution in [-0.4, -0.2) is 73.6 Å². The molecule has 3 N–H and O–H groups in total. The van der Waals surface area contributed by atoms with E-state index in [2.05, 4.69) is 19.5 Å². The number of phosphoric ester groups is 1. The van der Waals surface area contributed by atoms with Crippen LogP contribution in [0.5, 0.6) is 0 Å². The van der Waals surface area contributed by atoms with Gasteiger partial charge in [0.25, 0.3) is 7.82 Å². The normalized spacial score (nSPS) is 29.0. The highest BCUT2D eigenvalue weighted by Crippen LogP contribution is 2.36. The van der Waals surface area contributed by atoms with Crippen molar-refractivity contribution in [2.45, 2.75) is 24.5 Å². The van der Waals surface area contributed by atoms with Gasteiger partial charge in [-0.25, -0.2) is 15.0 Å². The quantitative estimate of drug-likeness (QED) is 0.495. The number of nitrogens with zero attached hydrogens (tertiary/aromatic N) is 5. The van der Waals surface area contributed by atoms with Gasteiger partial charge in [0.2, 0.25) is 0 Å². The maximum absolute atomic E-state index is 10.7. The zero-order chi connectivity index (χ0) is 18.4. The lowest BCUT2D eigenvalue weighted by Crippen LogP contribution is -2.34. The van der Waals surface area contributed by atoms with Crippen LogP contribution in [-0.2, 0) is 13.8 Å². The molecule has 12 nitrogen and oxygen atoms in total. The summed E-state index contributed by atoms with van der Waals surface area (Å²) in [6.07, 6.45) is -2.34. The summed E-state index contributed by atoms with van der Waals surface area (Å²) in [6, 6.07) is 0. The molecule has 138 valence electrons. The van der Waals surface area contributed by atoms with Crippen LogP contribution >= 0.6 is 7.82 Å². The number of phosphoric acid groups is 1.